The Balaban J connectivity index is 2.96. The fraction of sp³-hybridized carbons (Fsp3) is 0.917. The predicted molar refractivity (Wildman–Crippen MR) is 68.5 cm³/mol. The summed E-state index contributed by atoms with van der Waals surface area (Å²) in [6, 6.07) is 0.593. The molecule has 0 saturated heterocycles. The van der Waals surface area contributed by atoms with E-state index in [0.29, 0.717) is 6.04 Å². The minimum absolute atomic E-state index is 0.0431. The molecular formula is C12H27N3O. The first-order valence-corrected chi connectivity index (χ1v) is 6.31. The number of carbonyl (C=O) groups excluding carboxylic acids is 1. The van der Waals surface area contributed by atoms with Crippen molar-refractivity contribution in [1.82, 2.24) is 16.0 Å². The average Bonchev–Trinajstić information content (AvgIpc) is 2.20. The number of nitrogens with one attached hydrogen (secondary N) is 3. The molecule has 0 atom stereocenters. The lowest BCUT2D eigenvalue weighted by Gasteiger charge is -2.08. The highest BCUT2D eigenvalue weighted by Gasteiger charge is 1.93. The second-order valence-corrected chi connectivity index (χ2v) is 4.40. The van der Waals surface area contributed by atoms with Crippen LogP contribution in [0.5, 0.6) is 0 Å². The fourth-order valence-corrected chi connectivity index (χ4v) is 1.39. The SMILES string of the molecule is CC(=O)NCCNCCCCCNC(C)C. The Morgan fingerprint density at radius 2 is 1.69 bits per heavy atom. The summed E-state index contributed by atoms with van der Waals surface area (Å²) in [5.74, 6) is 0.0431. The first-order chi connectivity index (χ1) is 7.63. The zero-order valence-corrected chi connectivity index (χ0v) is 10.9. The molecule has 0 saturated carbocycles. The van der Waals surface area contributed by atoms with Crippen LogP contribution >= 0.6 is 0 Å². The Kier molecular flexibility index (Phi) is 10.5. The maximum atomic E-state index is 10.6. The van der Waals surface area contributed by atoms with Crippen molar-refractivity contribution in [2.75, 3.05) is 26.2 Å². The molecule has 96 valence electrons. The lowest BCUT2D eigenvalue weighted by Crippen LogP contribution is -2.30. The monoisotopic (exact) mass is 229 g/mol. The summed E-state index contributed by atoms with van der Waals surface area (Å²) in [6.07, 6.45) is 3.71. The van der Waals surface area contributed by atoms with Gasteiger partial charge in [0.25, 0.3) is 0 Å². The molecule has 0 aromatic rings. The highest BCUT2D eigenvalue weighted by atomic mass is 16.1. The second-order valence-electron chi connectivity index (χ2n) is 4.40. The quantitative estimate of drug-likeness (QED) is 0.487. The van der Waals surface area contributed by atoms with E-state index in [0.717, 1.165) is 26.2 Å². The van der Waals surface area contributed by atoms with Crippen molar-refractivity contribution in [3.63, 3.8) is 0 Å². The first-order valence-electron chi connectivity index (χ1n) is 6.31. The lowest BCUT2D eigenvalue weighted by atomic mass is 10.2. The Labute approximate surface area is 99.6 Å². The van der Waals surface area contributed by atoms with Crippen molar-refractivity contribution in [2.45, 2.75) is 46.1 Å². The molecule has 0 aromatic heterocycles. The molecule has 0 aliphatic rings. The molecule has 0 rings (SSSR count). The maximum absolute atomic E-state index is 10.6. The van der Waals surface area contributed by atoms with Crippen LogP contribution in [0.3, 0.4) is 0 Å². The van der Waals surface area contributed by atoms with Gasteiger partial charge in [0.05, 0.1) is 0 Å². The van der Waals surface area contributed by atoms with Crippen molar-refractivity contribution in [3.05, 3.63) is 0 Å². The van der Waals surface area contributed by atoms with E-state index in [1.54, 1.807) is 6.92 Å². The highest BCUT2D eigenvalue weighted by molar-refractivity contribution is 5.72. The van der Waals surface area contributed by atoms with E-state index in [1.165, 1.54) is 19.3 Å². The lowest BCUT2D eigenvalue weighted by molar-refractivity contribution is -0.118. The predicted octanol–water partition coefficient (Wildman–Crippen LogP) is 0.880. The topological polar surface area (TPSA) is 53.2 Å². The van der Waals surface area contributed by atoms with E-state index in [9.17, 15) is 4.79 Å². The molecule has 4 nitrogen and oxygen atoms in total. The normalized spacial score (nSPS) is 10.8. The molecule has 16 heavy (non-hydrogen) atoms. The van der Waals surface area contributed by atoms with Gasteiger partial charge in [0.1, 0.15) is 0 Å². The molecule has 0 spiro atoms. The largest absolute Gasteiger partial charge is 0.355 e. The molecule has 0 aromatic carbocycles. The van der Waals surface area contributed by atoms with Crippen LogP contribution in [0.2, 0.25) is 0 Å². The van der Waals surface area contributed by atoms with E-state index >= 15 is 0 Å². The number of unbranched alkanes of at least 4 members (excludes halogenated alkanes) is 2. The molecular weight excluding hydrogens is 202 g/mol. The third-order valence-corrected chi connectivity index (χ3v) is 2.26. The number of hydrogen-bond acceptors (Lipinski definition) is 3. The summed E-state index contributed by atoms with van der Waals surface area (Å²) < 4.78 is 0. The minimum atomic E-state index is 0.0431. The summed E-state index contributed by atoms with van der Waals surface area (Å²) in [5, 5.41) is 9.46. The van der Waals surface area contributed by atoms with Gasteiger partial charge < -0.3 is 16.0 Å². The number of rotatable bonds is 10. The van der Waals surface area contributed by atoms with E-state index < -0.39 is 0 Å². The number of carbonyl (C=O) groups is 1. The van der Waals surface area contributed by atoms with Gasteiger partial charge in [-0.2, -0.15) is 0 Å². The fourth-order valence-electron chi connectivity index (χ4n) is 1.39. The first kappa shape index (κ1) is 15.4. The van der Waals surface area contributed by atoms with Crippen molar-refractivity contribution < 1.29 is 4.79 Å². The van der Waals surface area contributed by atoms with Gasteiger partial charge >= 0.3 is 0 Å². The van der Waals surface area contributed by atoms with Crippen LogP contribution in [0.1, 0.15) is 40.0 Å². The third-order valence-electron chi connectivity index (χ3n) is 2.26. The molecule has 0 aliphatic heterocycles. The van der Waals surface area contributed by atoms with Gasteiger partial charge in [0.15, 0.2) is 0 Å². The van der Waals surface area contributed by atoms with E-state index in [1.807, 2.05) is 0 Å². The zero-order chi connectivity index (χ0) is 12.2. The molecule has 0 fully saturated rings. The summed E-state index contributed by atoms with van der Waals surface area (Å²) in [4.78, 5) is 10.6. The van der Waals surface area contributed by atoms with Gasteiger partial charge in [-0.15, -0.1) is 0 Å². The van der Waals surface area contributed by atoms with Gasteiger partial charge in [-0.3, -0.25) is 4.79 Å². The van der Waals surface area contributed by atoms with Gasteiger partial charge in [0.2, 0.25) is 5.91 Å². The van der Waals surface area contributed by atoms with Crippen LogP contribution in [-0.2, 0) is 4.79 Å². The van der Waals surface area contributed by atoms with Crippen molar-refractivity contribution in [2.24, 2.45) is 0 Å². The molecule has 0 unspecified atom stereocenters. The van der Waals surface area contributed by atoms with Crippen LogP contribution < -0.4 is 16.0 Å². The van der Waals surface area contributed by atoms with Gasteiger partial charge in [-0.25, -0.2) is 0 Å². The van der Waals surface area contributed by atoms with E-state index in [4.69, 9.17) is 0 Å². The van der Waals surface area contributed by atoms with Crippen molar-refractivity contribution >= 4 is 5.91 Å². The number of hydrogen-bond donors (Lipinski definition) is 3. The van der Waals surface area contributed by atoms with Crippen LogP contribution in [0, 0.1) is 0 Å². The maximum Gasteiger partial charge on any atom is 0.216 e. The van der Waals surface area contributed by atoms with E-state index in [-0.39, 0.29) is 5.91 Å². The van der Waals surface area contributed by atoms with Gasteiger partial charge in [-0.05, 0) is 25.9 Å². The highest BCUT2D eigenvalue weighted by Crippen LogP contribution is 1.92. The Morgan fingerprint density at radius 3 is 2.31 bits per heavy atom. The third kappa shape index (κ3) is 13.4. The Morgan fingerprint density at radius 1 is 1.00 bits per heavy atom. The standard InChI is InChI=1S/C12H27N3O/c1-11(2)14-8-6-4-5-7-13-9-10-15-12(3)16/h11,13-14H,4-10H2,1-3H3,(H,15,16). The average molecular weight is 229 g/mol. The smallest absolute Gasteiger partial charge is 0.216 e. The molecule has 0 heterocycles. The van der Waals surface area contributed by atoms with Crippen molar-refractivity contribution in [3.8, 4) is 0 Å². The summed E-state index contributed by atoms with van der Waals surface area (Å²) in [7, 11) is 0. The van der Waals surface area contributed by atoms with Crippen LogP contribution in [0.25, 0.3) is 0 Å². The molecule has 0 aliphatic carbocycles. The summed E-state index contributed by atoms with van der Waals surface area (Å²) >= 11 is 0. The molecule has 4 heteroatoms. The summed E-state index contributed by atoms with van der Waals surface area (Å²) in [6.45, 7) is 9.63. The Hall–Kier alpha value is -0.610. The number of amides is 1. The van der Waals surface area contributed by atoms with Crippen molar-refractivity contribution in [1.29, 1.82) is 0 Å². The molecule has 3 N–H and O–H groups in total. The van der Waals surface area contributed by atoms with Crippen LogP contribution in [0.15, 0.2) is 0 Å². The Bertz CT molecular complexity index is 172. The van der Waals surface area contributed by atoms with Crippen LogP contribution in [-0.4, -0.2) is 38.1 Å². The summed E-state index contributed by atoms with van der Waals surface area (Å²) in [5.41, 5.74) is 0. The van der Waals surface area contributed by atoms with E-state index in [2.05, 4.69) is 29.8 Å². The second kappa shape index (κ2) is 10.9. The zero-order valence-electron chi connectivity index (χ0n) is 10.9. The molecule has 0 bridgehead atoms. The molecule has 1 amide bonds. The molecule has 0 radical (unpaired) electrons. The van der Waals surface area contributed by atoms with Gasteiger partial charge in [-0.1, -0.05) is 20.3 Å². The minimum Gasteiger partial charge on any atom is -0.355 e. The van der Waals surface area contributed by atoms with Gasteiger partial charge in [0, 0.05) is 26.1 Å². The van der Waals surface area contributed by atoms with Crippen LogP contribution in [0.4, 0.5) is 0 Å².